The summed E-state index contributed by atoms with van der Waals surface area (Å²) in [6, 6.07) is 19.1. The Hall–Kier alpha value is -2.66. The molecule has 5 heteroatoms. The van der Waals surface area contributed by atoms with E-state index in [-0.39, 0.29) is 5.91 Å². The summed E-state index contributed by atoms with van der Waals surface area (Å²) in [6.07, 6.45) is 1.67. The molecule has 1 heterocycles. The van der Waals surface area contributed by atoms with Crippen molar-refractivity contribution in [3.8, 4) is 0 Å². The molecule has 25 heavy (non-hydrogen) atoms. The molecule has 126 valence electrons. The van der Waals surface area contributed by atoms with Gasteiger partial charge in [0.2, 0.25) is 0 Å². The Morgan fingerprint density at radius 2 is 1.76 bits per heavy atom. The molecule has 0 aliphatic rings. The van der Waals surface area contributed by atoms with Gasteiger partial charge in [-0.3, -0.25) is 4.79 Å². The van der Waals surface area contributed by atoms with E-state index >= 15 is 0 Å². The van der Waals surface area contributed by atoms with Gasteiger partial charge in [0.1, 0.15) is 5.69 Å². The molecule has 0 aliphatic heterocycles. The summed E-state index contributed by atoms with van der Waals surface area (Å²) in [4.78, 5) is 18.4. The maximum atomic E-state index is 12.5. The number of pyridine rings is 1. The van der Waals surface area contributed by atoms with Crippen LogP contribution in [0.5, 0.6) is 0 Å². The van der Waals surface area contributed by atoms with E-state index in [4.69, 9.17) is 0 Å². The zero-order chi connectivity index (χ0) is 17.8. The van der Waals surface area contributed by atoms with Gasteiger partial charge in [-0.15, -0.1) is 0 Å². The first-order chi connectivity index (χ1) is 12.0. The highest BCUT2D eigenvalue weighted by Gasteiger charge is 2.14. The lowest BCUT2D eigenvalue weighted by atomic mass is 10.2. The number of carbonyl (C=O) groups excluding carboxylic acids is 1. The monoisotopic (exact) mass is 395 g/mol. The molecule has 0 aliphatic carbocycles. The first-order valence-electron chi connectivity index (χ1n) is 7.87. The number of anilines is 3. The van der Waals surface area contributed by atoms with Crippen LogP contribution >= 0.6 is 15.9 Å². The lowest BCUT2D eigenvalue weighted by Crippen LogP contribution is -2.26. The van der Waals surface area contributed by atoms with Crippen LogP contribution in [0.4, 0.5) is 17.1 Å². The van der Waals surface area contributed by atoms with E-state index < -0.39 is 0 Å². The SMILES string of the molecule is Cc1cc(Nc2ccc(C(=O)N(C)c3ccccc3)nc2)ccc1Br. The summed E-state index contributed by atoms with van der Waals surface area (Å²) in [6.45, 7) is 2.04. The Morgan fingerprint density at radius 1 is 1.04 bits per heavy atom. The third kappa shape index (κ3) is 4.06. The van der Waals surface area contributed by atoms with E-state index in [1.807, 2.05) is 61.5 Å². The van der Waals surface area contributed by atoms with Crippen molar-refractivity contribution in [2.45, 2.75) is 6.92 Å². The van der Waals surface area contributed by atoms with Crippen LogP contribution in [0.1, 0.15) is 16.1 Å². The lowest BCUT2D eigenvalue weighted by molar-refractivity contribution is 0.0988. The second kappa shape index (κ2) is 7.49. The van der Waals surface area contributed by atoms with Gasteiger partial charge in [-0.2, -0.15) is 0 Å². The number of benzene rings is 2. The molecule has 0 saturated carbocycles. The van der Waals surface area contributed by atoms with Crippen LogP contribution in [0.15, 0.2) is 71.3 Å². The first-order valence-corrected chi connectivity index (χ1v) is 8.66. The highest BCUT2D eigenvalue weighted by Crippen LogP contribution is 2.23. The average molecular weight is 396 g/mol. The van der Waals surface area contributed by atoms with Crippen LogP contribution in [0.2, 0.25) is 0 Å². The molecule has 1 N–H and O–H groups in total. The second-order valence-corrected chi connectivity index (χ2v) is 6.58. The van der Waals surface area contributed by atoms with Gasteiger partial charge in [-0.25, -0.2) is 4.98 Å². The zero-order valence-corrected chi connectivity index (χ0v) is 15.6. The molecule has 4 nitrogen and oxygen atoms in total. The third-order valence-corrected chi connectivity index (χ3v) is 4.77. The molecule has 2 aromatic carbocycles. The summed E-state index contributed by atoms with van der Waals surface area (Å²) in [5, 5.41) is 3.29. The molecule has 0 saturated heterocycles. The van der Waals surface area contributed by atoms with Gasteiger partial charge in [-0.1, -0.05) is 34.1 Å². The van der Waals surface area contributed by atoms with Crippen LogP contribution in [0, 0.1) is 6.92 Å². The van der Waals surface area contributed by atoms with Crippen molar-refractivity contribution in [2.75, 3.05) is 17.3 Å². The molecule has 0 bridgehead atoms. The Kier molecular flexibility index (Phi) is 5.14. The fraction of sp³-hybridized carbons (Fsp3) is 0.100. The van der Waals surface area contributed by atoms with E-state index in [2.05, 4.69) is 26.2 Å². The lowest BCUT2D eigenvalue weighted by Gasteiger charge is -2.17. The van der Waals surface area contributed by atoms with Gasteiger partial charge in [0.05, 0.1) is 11.9 Å². The Balaban J connectivity index is 1.73. The van der Waals surface area contributed by atoms with Crippen molar-refractivity contribution in [2.24, 2.45) is 0 Å². The van der Waals surface area contributed by atoms with Crippen LogP contribution < -0.4 is 10.2 Å². The smallest absolute Gasteiger partial charge is 0.276 e. The molecular weight excluding hydrogens is 378 g/mol. The van der Waals surface area contributed by atoms with Crippen LogP contribution in [-0.2, 0) is 0 Å². The summed E-state index contributed by atoms with van der Waals surface area (Å²) < 4.78 is 1.07. The maximum Gasteiger partial charge on any atom is 0.276 e. The molecule has 0 radical (unpaired) electrons. The molecular formula is C20H18BrN3O. The fourth-order valence-corrected chi connectivity index (χ4v) is 2.67. The standard InChI is InChI=1S/C20H18BrN3O/c1-14-12-15(8-10-18(14)21)23-16-9-11-19(22-13-16)20(25)24(2)17-6-4-3-5-7-17/h3-13,23H,1-2H3. The summed E-state index contributed by atoms with van der Waals surface area (Å²) in [7, 11) is 1.75. The quantitative estimate of drug-likeness (QED) is 0.662. The number of halogens is 1. The average Bonchev–Trinajstić information content (AvgIpc) is 2.65. The van der Waals surface area contributed by atoms with E-state index in [0.29, 0.717) is 5.69 Å². The maximum absolute atomic E-state index is 12.5. The topological polar surface area (TPSA) is 45.2 Å². The Labute approximate surface area is 155 Å². The van der Waals surface area contributed by atoms with Gasteiger partial charge in [-0.05, 0) is 55.0 Å². The summed E-state index contributed by atoms with van der Waals surface area (Å²) >= 11 is 3.49. The molecule has 1 amide bonds. The van der Waals surface area contributed by atoms with E-state index in [1.54, 1.807) is 24.2 Å². The number of para-hydroxylation sites is 1. The minimum Gasteiger partial charge on any atom is -0.354 e. The predicted molar refractivity (Wildman–Crippen MR) is 106 cm³/mol. The number of hydrogen-bond donors (Lipinski definition) is 1. The number of aryl methyl sites for hydroxylation is 1. The van der Waals surface area contributed by atoms with Crippen molar-refractivity contribution in [3.63, 3.8) is 0 Å². The van der Waals surface area contributed by atoms with Crippen LogP contribution in [0.3, 0.4) is 0 Å². The highest BCUT2D eigenvalue weighted by atomic mass is 79.9. The van der Waals surface area contributed by atoms with Gasteiger partial charge >= 0.3 is 0 Å². The number of amides is 1. The second-order valence-electron chi connectivity index (χ2n) is 5.72. The van der Waals surface area contributed by atoms with Gasteiger partial charge in [0.15, 0.2) is 0 Å². The van der Waals surface area contributed by atoms with Gasteiger partial charge in [0, 0.05) is 22.9 Å². The van der Waals surface area contributed by atoms with Crippen molar-refractivity contribution >= 4 is 38.9 Å². The number of rotatable bonds is 4. The van der Waals surface area contributed by atoms with Crippen molar-refractivity contribution in [1.82, 2.24) is 4.98 Å². The molecule has 1 aromatic heterocycles. The third-order valence-electron chi connectivity index (χ3n) is 3.88. The van der Waals surface area contributed by atoms with Crippen molar-refractivity contribution < 1.29 is 4.79 Å². The predicted octanol–water partition coefficient (Wildman–Crippen LogP) is 5.17. The molecule has 0 spiro atoms. The molecule has 0 fully saturated rings. The molecule has 0 atom stereocenters. The van der Waals surface area contributed by atoms with Crippen molar-refractivity contribution in [1.29, 1.82) is 0 Å². The fourth-order valence-electron chi connectivity index (χ4n) is 2.42. The van der Waals surface area contributed by atoms with E-state index in [0.717, 1.165) is 27.1 Å². The normalized spacial score (nSPS) is 10.4. The van der Waals surface area contributed by atoms with E-state index in [9.17, 15) is 4.79 Å². The Bertz CT molecular complexity index is 879. The largest absolute Gasteiger partial charge is 0.354 e. The van der Waals surface area contributed by atoms with E-state index in [1.165, 1.54) is 0 Å². The summed E-state index contributed by atoms with van der Waals surface area (Å²) in [5.74, 6) is -0.141. The number of nitrogens with zero attached hydrogens (tertiary/aromatic N) is 2. The zero-order valence-electron chi connectivity index (χ0n) is 14.0. The first kappa shape index (κ1) is 17.2. The number of aromatic nitrogens is 1. The van der Waals surface area contributed by atoms with Crippen LogP contribution in [0.25, 0.3) is 0 Å². The molecule has 3 rings (SSSR count). The van der Waals surface area contributed by atoms with Gasteiger partial charge in [0.25, 0.3) is 5.91 Å². The van der Waals surface area contributed by atoms with Crippen LogP contribution in [-0.4, -0.2) is 17.9 Å². The van der Waals surface area contributed by atoms with Gasteiger partial charge < -0.3 is 10.2 Å². The summed E-state index contributed by atoms with van der Waals surface area (Å²) in [5.41, 5.74) is 4.20. The number of nitrogens with one attached hydrogen (secondary N) is 1. The minimum atomic E-state index is -0.141. The highest BCUT2D eigenvalue weighted by molar-refractivity contribution is 9.10. The molecule has 3 aromatic rings. The molecule has 0 unspecified atom stereocenters. The van der Waals surface area contributed by atoms with Crippen molar-refractivity contribution in [3.05, 3.63) is 82.6 Å². The minimum absolute atomic E-state index is 0.141. The Morgan fingerprint density at radius 3 is 2.40 bits per heavy atom. The number of carbonyl (C=O) groups is 1. The number of hydrogen-bond acceptors (Lipinski definition) is 3.